The van der Waals surface area contributed by atoms with E-state index in [1.54, 1.807) is 4.90 Å². The molecule has 1 atom stereocenters. The molecule has 1 aliphatic heterocycles. The van der Waals surface area contributed by atoms with Crippen molar-refractivity contribution >= 4 is 12.4 Å². The van der Waals surface area contributed by atoms with E-state index >= 15 is 0 Å². The minimum absolute atomic E-state index is 0.0579. The van der Waals surface area contributed by atoms with Crippen LogP contribution in [0.25, 0.3) is 0 Å². The topological polar surface area (TPSA) is 46.6 Å². The van der Waals surface area contributed by atoms with Gasteiger partial charge >= 0.3 is 6.09 Å². The third kappa shape index (κ3) is 4.21. The average molecular weight is 239 g/mol. The zero-order valence-electron chi connectivity index (χ0n) is 10.9. The molecule has 1 rings (SSSR count). The van der Waals surface area contributed by atoms with E-state index in [9.17, 15) is 9.59 Å². The summed E-state index contributed by atoms with van der Waals surface area (Å²) in [4.78, 5) is 24.2. The van der Waals surface area contributed by atoms with Crippen LogP contribution in [0.3, 0.4) is 0 Å². The molecule has 0 radical (unpaired) electrons. The van der Waals surface area contributed by atoms with Crippen molar-refractivity contribution in [3.63, 3.8) is 0 Å². The number of ether oxygens (including phenoxy) is 1. The molecule has 4 nitrogen and oxygen atoms in total. The number of hydrogen-bond donors (Lipinski definition) is 0. The highest BCUT2D eigenvalue weighted by Gasteiger charge is 2.32. The third-order valence-corrected chi connectivity index (χ3v) is 2.67. The van der Waals surface area contributed by atoms with Crippen LogP contribution in [0.15, 0.2) is 12.2 Å². The van der Waals surface area contributed by atoms with Crippen molar-refractivity contribution in [3.8, 4) is 0 Å². The summed E-state index contributed by atoms with van der Waals surface area (Å²) < 4.78 is 5.34. The number of carbonyl (C=O) groups is 2. The first-order chi connectivity index (χ1) is 7.83. The SMILES string of the molecule is C=C(C=O)CC1CCCN1C(=O)OC(C)(C)C. The van der Waals surface area contributed by atoms with E-state index in [-0.39, 0.29) is 12.1 Å². The van der Waals surface area contributed by atoms with Crippen LogP contribution in [0.5, 0.6) is 0 Å². The molecule has 0 aromatic carbocycles. The normalized spacial score (nSPS) is 20.2. The van der Waals surface area contributed by atoms with E-state index in [4.69, 9.17) is 4.74 Å². The van der Waals surface area contributed by atoms with Gasteiger partial charge in [0.25, 0.3) is 0 Å². The van der Waals surface area contributed by atoms with Gasteiger partial charge in [-0.3, -0.25) is 4.79 Å². The van der Waals surface area contributed by atoms with Gasteiger partial charge in [-0.05, 0) is 45.6 Å². The van der Waals surface area contributed by atoms with Crippen LogP contribution in [0.1, 0.15) is 40.0 Å². The highest BCUT2D eigenvalue weighted by Crippen LogP contribution is 2.24. The Bertz CT molecular complexity index is 317. The van der Waals surface area contributed by atoms with Crippen molar-refractivity contribution in [2.24, 2.45) is 0 Å². The molecule has 4 heteroatoms. The van der Waals surface area contributed by atoms with Crippen LogP contribution in [0, 0.1) is 0 Å². The van der Waals surface area contributed by atoms with E-state index in [2.05, 4.69) is 6.58 Å². The Balaban J connectivity index is 2.59. The molecule has 17 heavy (non-hydrogen) atoms. The van der Waals surface area contributed by atoms with Crippen molar-refractivity contribution in [1.29, 1.82) is 0 Å². The quantitative estimate of drug-likeness (QED) is 0.561. The van der Waals surface area contributed by atoms with Crippen molar-refractivity contribution in [3.05, 3.63) is 12.2 Å². The van der Waals surface area contributed by atoms with Crippen LogP contribution in [-0.2, 0) is 9.53 Å². The maximum atomic E-state index is 11.9. The fourth-order valence-electron chi connectivity index (χ4n) is 1.96. The lowest BCUT2D eigenvalue weighted by atomic mass is 10.1. The smallest absolute Gasteiger partial charge is 0.410 e. The first-order valence-electron chi connectivity index (χ1n) is 5.96. The van der Waals surface area contributed by atoms with Crippen LogP contribution in [-0.4, -0.2) is 35.5 Å². The summed E-state index contributed by atoms with van der Waals surface area (Å²) >= 11 is 0. The summed E-state index contributed by atoms with van der Waals surface area (Å²) in [6.45, 7) is 9.90. The third-order valence-electron chi connectivity index (χ3n) is 2.67. The second-order valence-corrected chi connectivity index (χ2v) is 5.45. The lowest BCUT2D eigenvalue weighted by Crippen LogP contribution is -2.40. The summed E-state index contributed by atoms with van der Waals surface area (Å²) in [5, 5.41) is 0. The van der Waals surface area contributed by atoms with Gasteiger partial charge in [-0.15, -0.1) is 0 Å². The van der Waals surface area contributed by atoms with Gasteiger partial charge < -0.3 is 9.64 Å². The number of nitrogens with zero attached hydrogens (tertiary/aromatic N) is 1. The molecule has 0 saturated carbocycles. The summed E-state index contributed by atoms with van der Waals surface area (Å²) in [6.07, 6.45) is 2.87. The standard InChI is InChI=1S/C13H21NO3/c1-10(9-15)8-11-6-5-7-14(11)12(16)17-13(2,3)4/h9,11H,1,5-8H2,2-4H3. The predicted molar refractivity (Wildman–Crippen MR) is 65.8 cm³/mol. The molecule has 96 valence electrons. The number of amides is 1. The fourth-order valence-corrected chi connectivity index (χ4v) is 1.96. The molecule has 1 aliphatic rings. The summed E-state index contributed by atoms with van der Waals surface area (Å²) in [6, 6.07) is 0.0579. The molecular formula is C13H21NO3. The van der Waals surface area contributed by atoms with Crippen LogP contribution >= 0.6 is 0 Å². The van der Waals surface area contributed by atoms with Crippen LogP contribution < -0.4 is 0 Å². The lowest BCUT2D eigenvalue weighted by Gasteiger charge is -2.28. The molecule has 0 aromatic heterocycles. The Labute approximate surface area is 103 Å². The van der Waals surface area contributed by atoms with Gasteiger partial charge in [-0.2, -0.15) is 0 Å². The number of rotatable bonds is 3. The second kappa shape index (κ2) is 5.34. The maximum absolute atomic E-state index is 11.9. The largest absolute Gasteiger partial charge is 0.444 e. The van der Waals surface area contributed by atoms with Crippen molar-refractivity contribution in [1.82, 2.24) is 4.90 Å². The molecule has 0 aliphatic carbocycles. The Kier molecular flexibility index (Phi) is 4.32. The Morgan fingerprint density at radius 3 is 2.71 bits per heavy atom. The minimum atomic E-state index is -0.480. The van der Waals surface area contributed by atoms with Gasteiger partial charge in [0.15, 0.2) is 0 Å². The van der Waals surface area contributed by atoms with E-state index < -0.39 is 5.60 Å². The second-order valence-electron chi connectivity index (χ2n) is 5.45. The molecule has 0 N–H and O–H groups in total. The minimum Gasteiger partial charge on any atom is -0.444 e. The Hall–Kier alpha value is -1.32. The summed E-state index contributed by atoms with van der Waals surface area (Å²) in [5.41, 5.74) is 0.0526. The van der Waals surface area contributed by atoms with E-state index in [0.717, 1.165) is 19.1 Å². The molecule has 1 fully saturated rings. The molecule has 1 heterocycles. The van der Waals surface area contributed by atoms with Gasteiger partial charge in [-0.25, -0.2) is 4.79 Å². The van der Waals surface area contributed by atoms with E-state index in [0.29, 0.717) is 18.5 Å². The highest BCUT2D eigenvalue weighted by molar-refractivity contribution is 5.73. The van der Waals surface area contributed by atoms with Gasteiger partial charge in [0.1, 0.15) is 11.9 Å². The molecule has 0 aromatic rings. The molecule has 1 unspecified atom stereocenters. The van der Waals surface area contributed by atoms with Crippen LogP contribution in [0.4, 0.5) is 4.79 Å². The molecule has 1 saturated heterocycles. The first kappa shape index (κ1) is 13.7. The molecule has 0 spiro atoms. The van der Waals surface area contributed by atoms with Crippen molar-refractivity contribution < 1.29 is 14.3 Å². The number of likely N-dealkylation sites (tertiary alicyclic amines) is 1. The Morgan fingerprint density at radius 1 is 1.53 bits per heavy atom. The zero-order valence-corrected chi connectivity index (χ0v) is 10.9. The number of aldehydes is 1. The fraction of sp³-hybridized carbons (Fsp3) is 0.692. The monoisotopic (exact) mass is 239 g/mol. The van der Waals surface area contributed by atoms with Crippen molar-refractivity contribution in [2.75, 3.05) is 6.54 Å². The Morgan fingerprint density at radius 2 is 2.18 bits per heavy atom. The van der Waals surface area contributed by atoms with E-state index in [1.165, 1.54) is 0 Å². The molecule has 0 bridgehead atoms. The lowest BCUT2D eigenvalue weighted by molar-refractivity contribution is -0.105. The number of hydrogen-bond acceptors (Lipinski definition) is 3. The molecular weight excluding hydrogens is 218 g/mol. The summed E-state index contributed by atoms with van der Waals surface area (Å²) in [5.74, 6) is 0. The zero-order chi connectivity index (χ0) is 13.1. The van der Waals surface area contributed by atoms with Gasteiger partial charge in [0, 0.05) is 12.6 Å². The summed E-state index contributed by atoms with van der Waals surface area (Å²) in [7, 11) is 0. The van der Waals surface area contributed by atoms with Crippen molar-refractivity contribution in [2.45, 2.75) is 51.7 Å². The van der Waals surface area contributed by atoms with Gasteiger partial charge in [0.05, 0.1) is 0 Å². The maximum Gasteiger partial charge on any atom is 0.410 e. The first-order valence-corrected chi connectivity index (χ1v) is 5.96. The van der Waals surface area contributed by atoms with E-state index in [1.807, 2.05) is 20.8 Å². The van der Waals surface area contributed by atoms with Gasteiger partial charge in [-0.1, -0.05) is 6.58 Å². The molecule has 1 amide bonds. The van der Waals surface area contributed by atoms with Gasteiger partial charge in [0.2, 0.25) is 0 Å². The average Bonchev–Trinajstić information content (AvgIpc) is 2.63. The predicted octanol–water partition coefficient (Wildman–Crippen LogP) is 2.53. The van der Waals surface area contributed by atoms with Crippen LogP contribution in [0.2, 0.25) is 0 Å². The highest BCUT2D eigenvalue weighted by atomic mass is 16.6. The number of carbonyl (C=O) groups excluding carboxylic acids is 2.